The zero-order valence-electron chi connectivity index (χ0n) is 8.81. The van der Waals surface area contributed by atoms with Crippen LogP contribution < -0.4 is 11.5 Å². The smallest absolute Gasteiger partial charge is 0.249 e. The van der Waals surface area contributed by atoms with Gasteiger partial charge in [-0.05, 0) is 18.2 Å². The Bertz CT molecular complexity index is 543. The first-order chi connectivity index (χ1) is 8.11. The van der Waals surface area contributed by atoms with E-state index in [9.17, 15) is 9.59 Å². The second-order valence-electron chi connectivity index (χ2n) is 3.43. The van der Waals surface area contributed by atoms with Crippen LogP contribution in [0.15, 0.2) is 30.5 Å². The number of carbonyl (C=O) groups excluding carboxylic acids is 2. The molecule has 0 fully saturated rings. The number of hydrogen-bond donors (Lipinski definition) is 3. The number of rotatable bonds is 3. The summed E-state index contributed by atoms with van der Waals surface area (Å²) in [7, 11) is 0. The van der Waals surface area contributed by atoms with E-state index in [1.807, 2.05) is 0 Å². The van der Waals surface area contributed by atoms with Crippen molar-refractivity contribution in [1.82, 2.24) is 10.2 Å². The number of carbonyl (C=O) groups is 2. The van der Waals surface area contributed by atoms with Crippen molar-refractivity contribution in [3.05, 3.63) is 41.6 Å². The van der Waals surface area contributed by atoms with Crippen LogP contribution in [0.2, 0.25) is 0 Å². The summed E-state index contributed by atoms with van der Waals surface area (Å²) in [5, 5.41) is 6.45. The van der Waals surface area contributed by atoms with Gasteiger partial charge in [0, 0.05) is 22.9 Å². The zero-order chi connectivity index (χ0) is 12.4. The predicted octanol–water partition coefficient (Wildman–Crippen LogP) is 0.274. The number of benzene rings is 1. The molecule has 5 N–H and O–H groups in total. The number of nitrogens with one attached hydrogen (secondary N) is 1. The van der Waals surface area contributed by atoms with Gasteiger partial charge in [0.25, 0.3) is 0 Å². The molecule has 0 saturated heterocycles. The Morgan fingerprint density at radius 3 is 2.06 bits per heavy atom. The minimum atomic E-state index is -0.627. The van der Waals surface area contributed by atoms with E-state index in [1.165, 1.54) is 18.3 Å². The summed E-state index contributed by atoms with van der Waals surface area (Å²) in [6.45, 7) is 0. The van der Waals surface area contributed by atoms with E-state index in [4.69, 9.17) is 11.5 Å². The molecule has 2 aromatic rings. The van der Waals surface area contributed by atoms with Crippen molar-refractivity contribution in [3.63, 3.8) is 0 Å². The SMILES string of the molecule is NC(=O)c1cccc(C(N)=O)c1-c1ccn[nH]1. The number of hydrogen-bond acceptors (Lipinski definition) is 3. The number of H-pyrrole nitrogens is 1. The van der Waals surface area contributed by atoms with Crippen molar-refractivity contribution in [2.75, 3.05) is 0 Å². The van der Waals surface area contributed by atoms with Crippen molar-refractivity contribution in [2.24, 2.45) is 11.5 Å². The molecule has 0 aliphatic rings. The second kappa shape index (κ2) is 4.09. The third-order valence-electron chi connectivity index (χ3n) is 2.37. The topological polar surface area (TPSA) is 115 Å². The van der Waals surface area contributed by atoms with Gasteiger partial charge in [0.2, 0.25) is 11.8 Å². The van der Waals surface area contributed by atoms with Gasteiger partial charge in [0.1, 0.15) is 0 Å². The fourth-order valence-electron chi connectivity index (χ4n) is 1.65. The highest BCUT2D eigenvalue weighted by Gasteiger charge is 2.18. The molecular formula is C11H10N4O2. The summed E-state index contributed by atoms with van der Waals surface area (Å²) >= 11 is 0. The van der Waals surface area contributed by atoms with Crippen LogP contribution in [0.25, 0.3) is 11.3 Å². The molecule has 2 rings (SSSR count). The van der Waals surface area contributed by atoms with Crippen LogP contribution >= 0.6 is 0 Å². The van der Waals surface area contributed by atoms with Crippen molar-refractivity contribution < 1.29 is 9.59 Å². The van der Waals surface area contributed by atoms with Crippen LogP contribution in [0.4, 0.5) is 0 Å². The monoisotopic (exact) mass is 230 g/mol. The Balaban J connectivity index is 2.76. The van der Waals surface area contributed by atoms with Gasteiger partial charge in [0.05, 0.1) is 5.69 Å². The lowest BCUT2D eigenvalue weighted by molar-refractivity contribution is 0.0999. The van der Waals surface area contributed by atoms with Gasteiger partial charge in [-0.2, -0.15) is 5.10 Å². The van der Waals surface area contributed by atoms with E-state index in [0.29, 0.717) is 11.3 Å². The first-order valence-electron chi connectivity index (χ1n) is 4.83. The van der Waals surface area contributed by atoms with Crippen LogP contribution in [0.3, 0.4) is 0 Å². The molecule has 0 unspecified atom stereocenters. The molecule has 0 atom stereocenters. The molecule has 2 amide bonds. The van der Waals surface area contributed by atoms with E-state index in [-0.39, 0.29) is 11.1 Å². The largest absolute Gasteiger partial charge is 0.366 e. The normalized spacial score (nSPS) is 10.1. The summed E-state index contributed by atoms with van der Waals surface area (Å²) in [4.78, 5) is 22.7. The molecule has 6 heteroatoms. The van der Waals surface area contributed by atoms with Crippen LogP contribution in [0, 0.1) is 0 Å². The van der Waals surface area contributed by atoms with E-state index in [0.717, 1.165) is 0 Å². The third-order valence-corrected chi connectivity index (χ3v) is 2.37. The van der Waals surface area contributed by atoms with E-state index < -0.39 is 11.8 Å². The summed E-state index contributed by atoms with van der Waals surface area (Å²) in [6, 6.07) is 6.25. The zero-order valence-corrected chi connectivity index (χ0v) is 8.81. The lowest BCUT2D eigenvalue weighted by atomic mass is 9.97. The maximum atomic E-state index is 11.3. The van der Waals surface area contributed by atoms with Gasteiger partial charge < -0.3 is 11.5 Å². The van der Waals surface area contributed by atoms with E-state index in [2.05, 4.69) is 10.2 Å². The van der Waals surface area contributed by atoms with Gasteiger partial charge in [0.15, 0.2) is 0 Å². The van der Waals surface area contributed by atoms with Crippen LogP contribution in [-0.4, -0.2) is 22.0 Å². The van der Waals surface area contributed by atoms with Crippen molar-refractivity contribution in [2.45, 2.75) is 0 Å². The number of amides is 2. The van der Waals surface area contributed by atoms with Gasteiger partial charge in [-0.25, -0.2) is 0 Å². The summed E-state index contributed by atoms with van der Waals surface area (Å²) in [5.74, 6) is -1.25. The van der Waals surface area contributed by atoms with Crippen molar-refractivity contribution in [3.8, 4) is 11.3 Å². The summed E-state index contributed by atoms with van der Waals surface area (Å²) in [5.41, 5.74) is 11.9. The highest BCUT2D eigenvalue weighted by atomic mass is 16.1. The number of aromatic nitrogens is 2. The second-order valence-corrected chi connectivity index (χ2v) is 3.43. The lowest BCUT2D eigenvalue weighted by Gasteiger charge is -2.08. The average Bonchev–Trinajstić information content (AvgIpc) is 2.80. The van der Waals surface area contributed by atoms with Gasteiger partial charge in [-0.15, -0.1) is 0 Å². The van der Waals surface area contributed by atoms with E-state index in [1.54, 1.807) is 12.1 Å². The van der Waals surface area contributed by atoms with Crippen LogP contribution in [0.5, 0.6) is 0 Å². The fraction of sp³-hybridized carbons (Fsp3) is 0. The molecule has 1 heterocycles. The summed E-state index contributed by atoms with van der Waals surface area (Å²) < 4.78 is 0. The molecule has 17 heavy (non-hydrogen) atoms. The Morgan fingerprint density at radius 1 is 1.06 bits per heavy atom. The fourth-order valence-corrected chi connectivity index (χ4v) is 1.65. The Hall–Kier alpha value is -2.63. The number of primary amides is 2. The molecule has 1 aromatic heterocycles. The number of nitrogens with zero attached hydrogens (tertiary/aromatic N) is 1. The van der Waals surface area contributed by atoms with Crippen LogP contribution in [-0.2, 0) is 0 Å². The molecule has 0 bridgehead atoms. The highest BCUT2D eigenvalue weighted by Crippen LogP contribution is 2.25. The van der Waals surface area contributed by atoms with Crippen LogP contribution in [0.1, 0.15) is 20.7 Å². The maximum Gasteiger partial charge on any atom is 0.249 e. The van der Waals surface area contributed by atoms with Gasteiger partial charge >= 0.3 is 0 Å². The first kappa shape index (κ1) is 10.9. The molecule has 0 aliphatic carbocycles. The molecule has 86 valence electrons. The molecule has 0 aliphatic heterocycles. The number of aromatic amines is 1. The molecule has 6 nitrogen and oxygen atoms in total. The molecule has 0 radical (unpaired) electrons. The average molecular weight is 230 g/mol. The van der Waals surface area contributed by atoms with Crippen molar-refractivity contribution in [1.29, 1.82) is 0 Å². The Labute approximate surface area is 96.6 Å². The first-order valence-corrected chi connectivity index (χ1v) is 4.83. The standard InChI is InChI=1S/C11H10N4O2/c12-10(16)6-2-1-3-7(11(13)17)9(6)8-4-5-14-15-8/h1-5H,(H2,12,16)(H2,13,17)(H,14,15). The third kappa shape index (κ3) is 1.87. The van der Waals surface area contributed by atoms with E-state index >= 15 is 0 Å². The predicted molar refractivity (Wildman–Crippen MR) is 61.1 cm³/mol. The molecule has 0 saturated carbocycles. The van der Waals surface area contributed by atoms with Gasteiger partial charge in [-0.3, -0.25) is 14.7 Å². The quantitative estimate of drug-likeness (QED) is 0.703. The lowest BCUT2D eigenvalue weighted by Crippen LogP contribution is -2.18. The number of nitrogens with two attached hydrogens (primary N) is 2. The minimum absolute atomic E-state index is 0.227. The minimum Gasteiger partial charge on any atom is -0.366 e. The summed E-state index contributed by atoms with van der Waals surface area (Å²) in [6.07, 6.45) is 1.51. The maximum absolute atomic E-state index is 11.3. The molecular weight excluding hydrogens is 220 g/mol. The van der Waals surface area contributed by atoms with Gasteiger partial charge in [-0.1, -0.05) is 6.07 Å². The molecule has 1 aromatic carbocycles. The molecule has 0 spiro atoms. The Kier molecular flexibility index (Phi) is 2.61. The highest BCUT2D eigenvalue weighted by molar-refractivity contribution is 6.07. The Morgan fingerprint density at radius 2 is 1.65 bits per heavy atom. The van der Waals surface area contributed by atoms with Crippen molar-refractivity contribution >= 4 is 11.8 Å².